The molecule has 0 fully saturated rings. The maximum Gasteiger partial charge on any atom is 0.170 e. The van der Waals surface area contributed by atoms with Gasteiger partial charge in [0.05, 0.1) is 6.29 Å². The van der Waals surface area contributed by atoms with Crippen LogP contribution < -0.4 is 0 Å². The molecule has 0 unspecified atom stereocenters. The molecule has 0 aliphatic carbocycles. The molecule has 0 heterocycles. The molecular formula is C9H20NOP. The minimum atomic E-state index is 0.241. The fraction of sp³-hybridized carbons (Fsp3) is 1.00. The van der Waals surface area contributed by atoms with E-state index in [1.165, 1.54) is 0 Å². The minimum absolute atomic E-state index is 0.241. The Kier molecular flexibility index (Phi) is 6.60. The molecule has 0 N–H and O–H groups in total. The summed E-state index contributed by atoms with van der Waals surface area (Å²) in [5, 5.41) is 0. The van der Waals surface area contributed by atoms with Gasteiger partial charge in [0.1, 0.15) is 0 Å². The lowest BCUT2D eigenvalue weighted by atomic mass is 10.1. The third-order valence-electron chi connectivity index (χ3n) is 1.50. The van der Waals surface area contributed by atoms with Crippen molar-refractivity contribution in [1.29, 1.82) is 0 Å². The number of hydrogen-bond donors (Lipinski definition) is 0. The van der Waals surface area contributed by atoms with Crippen molar-refractivity contribution in [3.8, 4) is 0 Å². The van der Waals surface area contributed by atoms with Crippen LogP contribution in [-0.2, 0) is 4.57 Å². The quantitative estimate of drug-likeness (QED) is 0.599. The zero-order valence-electron chi connectivity index (χ0n) is 8.58. The van der Waals surface area contributed by atoms with E-state index < -0.39 is 0 Å². The van der Waals surface area contributed by atoms with Crippen molar-refractivity contribution in [2.75, 3.05) is 19.4 Å². The Morgan fingerprint density at radius 3 is 1.75 bits per heavy atom. The molecule has 0 radical (unpaired) electrons. The summed E-state index contributed by atoms with van der Waals surface area (Å²) in [4.78, 5) is 2.25. The molecule has 0 saturated carbocycles. The van der Waals surface area contributed by atoms with Crippen LogP contribution in [0.4, 0.5) is 0 Å². The number of hydrogen-bond acceptors (Lipinski definition) is 2. The first-order chi connectivity index (χ1) is 5.56. The van der Waals surface area contributed by atoms with Crippen molar-refractivity contribution >= 4 is 8.46 Å². The van der Waals surface area contributed by atoms with Crippen LogP contribution >= 0.6 is 8.46 Å². The van der Waals surface area contributed by atoms with Gasteiger partial charge in [-0.1, -0.05) is 27.7 Å². The molecule has 0 bridgehead atoms. The molecule has 0 saturated heterocycles. The Labute approximate surface area is 77.5 Å². The maximum absolute atomic E-state index is 10.4. The lowest BCUT2D eigenvalue weighted by Crippen LogP contribution is -2.30. The van der Waals surface area contributed by atoms with E-state index in [2.05, 4.69) is 32.6 Å². The lowest BCUT2D eigenvalue weighted by molar-refractivity contribution is 0.252. The molecule has 3 heteroatoms. The first-order valence-electron chi connectivity index (χ1n) is 4.57. The minimum Gasteiger partial charge on any atom is -0.292 e. The monoisotopic (exact) mass is 189 g/mol. The summed E-state index contributed by atoms with van der Waals surface area (Å²) in [6.45, 7) is 10.9. The Balaban J connectivity index is 3.77. The van der Waals surface area contributed by atoms with Gasteiger partial charge in [-0.05, 0) is 11.8 Å². The van der Waals surface area contributed by atoms with Gasteiger partial charge >= 0.3 is 0 Å². The smallest absolute Gasteiger partial charge is 0.170 e. The maximum atomic E-state index is 10.4. The second-order valence-corrected chi connectivity index (χ2v) is 4.64. The van der Waals surface area contributed by atoms with Crippen LogP contribution in [0.25, 0.3) is 0 Å². The second kappa shape index (κ2) is 6.56. The highest BCUT2D eigenvalue weighted by Crippen LogP contribution is 2.07. The second-order valence-electron chi connectivity index (χ2n) is 4.09. The molecule has 0 aromatic heterocycles. The van der Waals surface area contributed by atoms with Crippen molar-refractivity contribution in [1.82, 2.24) is 4.90 Å². The van der Waals surface area contributed by atoms with Crippen LogP contribution in [0.1, 0.15) is 27.7 Å². The largest absolute Gasteiger partial charge is 0.292 e. The summed E-state index contributed by atoms with van der Waals surface area (Å²) in [5.74, 6) is 1.32. The van der Waals surface area contributed by atoms with E-state index in [-0.39, 0.29) is 8.46 Å². The van der Waals surface area contributed by atoms with E-state index in [0.29, 0.717) is 18.1 Å². The van der Waals surface area contributed by atoms with E-state index in [9.17, 15) is 4.57 Å². The Bertz CT molecular complexity index is 116. The topological polar surface area (TPSA) is 20.3 Å². The first-order valence-corrected chi connectivity index (χ1v) is 5.57. The Hall–Kier alpha value is 0.0600. The van der Waals surface area contributed by atoms with Crippen molar-refractivity contribution in [2.24, 2.45) is 11.8 Å². The summed E-state index contributed by atoms with van der Waals surface area (Å²) in [5.41, 5.74) is 0. The van der Waals surface area contributed by atoms with E-state index in [1.54, 1.807) is 0 Å². The summed E-state index contributed by atoms with van der Waals surface area (Å²) in [7, 11) is 0.241. The van der Waals surface area contributed by atoms with Gasteiger partial charge in [0.2, 0.25) is 0 Å². The molecule has 12 heavy (non-hydrogen) atoms. The van der Waals surface area contributed by atoms with Gasteiger partial charge in [-0.3, -0.25) is 9.46 Å². The van der Waals surface area contributed by atoms with Crippen molar-refractivity contribution in [3.63, 3.8) is 0 Å². The highest BCUT2D eigenvalue weighted by Gasteiger charge is 2.08. The van der Waals surface area contributed by atoms with Crippen LogP contribution in [0, 0.1) is 11.8 Å². The molecule has 0 aromatic carbocycles. The zero-order valence-corrected chi connectivity index (χ0v) is 9.47. The van der Waals surface area contributed by atoms with Crippen LogP contribution in [-0.4, -0.2) is 24.3 Å². The standard InChI is InChI=1S/C9H20NOP/c1-8(2)5-10(7-12-11)6-9(3)4/h8-9H,5-7H2,1-4H3. The van der Waals surface area contributed by atoms with E-state index in [1.807, 2.05) is 0 Å². The summed E-state index contributed by atoms with van der Waals surface area (Å²) in [6.07, 6.45) is 0.677. The molecular weight excluding hydrogens is 169 g/mol. The molecule has 72 valence electrons. The van der Waals surface area contributed by atoms with E-state index >= 15 is 0 Å². The summed E-state index contributed by atoms with van der Waals surface area (Å²) >= 11 is 0. The normalized spacial score (nSPS) is 12.2. The number of rotatable bonds is 6. The SMILES string of the molecule is CC(C)CN(CP=O)CC(C)C. The Morgan fingerprint density at radius 1 is 1.08 bits per heavy atom. The van der Waals surface area contributed by atoms with Gasteiger partial charge < -0.3 is 0 Å². The highest BCUT2D eigenvalue weighted by atomic mass is 31.1. The molecule has 0 atom stereocenters. The van der Waals surface area contributed by atoms with Gasteiger partial charge in [0, 0.05) is 13.1 Å². The van der Waals surface area contributed by atoms with Gasteiger partial charge in [-0.2, -0.15) is 0 Å². The van der Waals surface area contributed by atoms with Gasteiger partial charge in [-0.15, -0.1) is 0 Å². The average molecular weight is 189 g/mol. The third-order valence-corrected chi connectivity index (χ3v) is 2.02. The molecule has 0 spiro atoms. The average Bonchev–Trinajstić information content (AvgIpc) is 1.84. The van der Waals surface area contributed by atoms with Crippen LogP contribution in [0.2, 0.25) is 0 Å². The van der Waals surface area contributed by atoms with Crippen LogP contribution in [0.3, 0.4) is 0 Å². The molecule has 2 nitrogen and oxygen atoms in total. The molecule has 0 aliphatic rings. The predicted molar refractivity (Wildman–Crippen MR) is 53.7 cm³/mol. The van der Waals surface area contributed by atoms with Gasteiger partial charge in [0.15, 0.2) is 8.46 Å². The van der Waals surface area contributed by atoms with E-state index in [0.717, 1.165) is 13.1 Å². The lowest BCUT2D eigenvalue weighted by Gasteiger charge is -2.22. The summed E-state index contributed by atoms with van der Waals surface area (Å²) in [6, 6.07) is 0. The fourth-order valence-electron chi connectivity index (χ4n) is 1.30. The third kappa shape index (κ3) is 6.75. The van der Waals surface area contributed by atoms with E-state index in [4.69, 9.17) is 0 Å². The molecule has 0 aliphatic heterocycles. The zero-order chi connectivity index (χ0) is 9.56. The van der Waals surface area contributed by atoms with Gasteiger partial charge in [-0.25, -0.2) is 0 Å². The Morgan fingerprint density at radius 2 is 1.50 bits per heavy atom. The highest BCUT2D eigenvalue weighted by molar-refractivity contribution is 7.23. The number of nitrogens with zero attached hydrogens (tertiary/aromatic N) is 1. The van der Waals surface area contributed by atoms with Crippen molar-refractivity contribution < 1.29 is 4.57 Å². The van der Waals surface area contributed by atoms with Gasteiger partial charge in [0.25, 0.3) is 0 Å². The fourth-order valence-corrected chi connectivity index (χ4v) is 1.70. The van der Waals surface area contributed by atoms with Crippen LogP contribution in [0.5, 0.6) is 0 Å². The summed E-state index contributed by atoms with van der Waals surface area (Å²) < 4.78 is 10.4. The molecule has 0 aromatic rings. The first kappa shape index (κ1) is 12.1. The molecule has 0 rings (SSSR count). The molecule has 0 amide bonds. The predicted octanol–water partition coefficient (Wildman–Crippen LogP) is 2.85. The van der Waals surface area contributed by atoms with Crippen molar-refractivity contribution in [3.05, 3.63) is 0 Å². The van der Waals surface area contributed by atoms with Crippen molar-refractivity contribution in [2.45, 2.75) is 27.7 Å². The van der Waals surface area contributed by atoms with Crippen LogP contribution in [0.15, 0.2) is 0 Å².